The summed E-state index contributed by atoms with van der Waals surface area (Å²) in [5.41, 5.74) is 0.901. The molecule has 1 N–H and O–H groups in total. The molecule has 0 saturated carbocycles. The molecule has 0 aliphatic carbocycles. The van der Waals surface area contributed by atoms with Crippen LogP contribution in [0.1, 0.15) is 5.56 Å². The van der Waals surface area contributed by atoms with Gasteiger partial charge in [0.1, 0.15) is 18.1 Å². The Bertz CT molecular complexity index is 585. The molecule has 0 bridgehead atoms. The normalized spacial score (nSPS) is 10.2. The average Bonchev–Trinajstić information content (AvgIpc) is 2.39. The van der Waals surface area contributed by atoms with Crippen LogP contribution in [0.3, 0.4) is 0 Å². The molecule has 0 aliphatic rings. The summed E-state index contributed by atoms with van der Waals surface area (Å²) in [5.74, 6) is 1.11. The van der Waals surface area contributed by atoms with Crippen LogP contribution in [0, 0.1) is 0 Å². The monoisotopic (exact) mass is 240 g/mol. The van der Waals surface area contributed by atoms with Gasteiger partial charge in [-0.2, -0.15) is 0 Å². The molecule has 2 aromatic rings. The van der Waals surface area contributed by atoms with Gasteiger partial charge in [-0.1, -0.05) is 30.9 Å². The van der Waals surface area contributed by atoms with Crippen LogP contribution in [0.2, 0.25) is 0 Å². The number of phenols is 1. The van der Waals surface area contributed by atoms with Crippen molar-refractivity contribution in [1.29, 1.82) is 0 Å². The van der Waals surface area contributed by atoms with Gasteiger partial charge in [-0.05, 0) is 35.4 Å². The van der Waals surface area contributed by atoms with E-state index in [0.29, 0.717) is 18.8 Å². The van der Waals surface area contributed by atoms with E-state index < -0.39 is 0 Å². The minimum atomic E-state index is 0.308. The molecule has 0 saturated heterocycles. The highest BCUT2D eigenvalue weighted by Crippen LogP contribution is 2.30. The Balaban J connectivity index is 2.48. The molecule has 0 unspecified atom stereocenters. The summed E-state index contributed by atoms with van der Waals surface area (Å²) in [6.07, 6.45) is 4.15. The average molecular weight is 240 g/mol. The van der Waals surface area contributed by atoms with Crippen LogP contribution in [0.15, 0.2) is 55.6 Å². The van der Waals surface area contributed by atoms with Crippen molar-refractivity contribution in [3.8, 4) is 11.5 Å². The standard InChI is InChI=1S/C16H16O2/c1-3-5-15-14-8-7-13(18-10-4-2)11-12(14)6-9-16(15)17/h3-4,6-9,11,17H,1-2,5,10H2. The van der Waals surface area contributed by atoms with Crippen molar-refractivity contribution in [2.24, 2.45) is 0 Å². The number of allylic oxidation sites excluding steroid dienone is 1. The number of phenolic OH excluding ortho intramolecular Hbond substituents is 1. The van der Waals surface area contributed by atoms with Crippen LogP contribution in [-0.4, -0.2) is 11.7 Å². The first-order chi connectivity index (χ1) is 8.76. The lowest BCUT2D eigenvalue weighted by molar-refractivity contribution is 0.364. The van der Waals surface area contributed by atoms with Crippen LogP contribution in [0.4, 0.5) is 0 Å². The van der Waals surface area contributed by atoms with Gasteiger partial charge < -0.3 is 9.84 Å². The smallest absolute Gasteiger partial charge is 0.120 e. The Morgan fingerprint density at radius 3 is 2.67 bits per heavy atom. The zero-order valence-electron chi connectivity index (χ0n) is 10.2. The third-order valence-electron chi connectivity index (χ3n) is 2.79. The van der Waals surface area contributed by atoms with Crippen molar-refractivity contribution in [2.45, 2.75) is 6.42 Å². The highest BCUT2D eigenvalue weighted by molar-refractivity contribution is 5.89. The molecule has 92 valence electrons. The van der Waals surface area contributed by atoms with Crippen molar-refractivity contribution in [3.05, 3.63) is 61.2 Å². The number of hydrogen-bond acceptors (Lipinski definition) is 2. The molecule has 0 fully saturated rings. The highest BCUT2D eigenvalue weighted by atomic mass is 16.5. The largest absolute Gasteiger partial charge is 0.508 e. The van der Waals surface area contributed by atoms with E-state index in [1.807, 2.05) is 24.3 Å². The fourth-order valence-corrected chi connectivity index (χ4v) is 1.96. The van der Waals surface area contributed by atoms with Crippen LogP contribution in [0.5, 0.6) is 11.5 Å². The zero-order chi connectivity index (χ0) is 13.0. The fraction of sp³-hybridized carbons (Fsp3) is 0.125. The van der Waals surface area contributed by atoms with E-state index in [4.69, 9.17) is 4.74 Å². The first-order valence-electron chi connectivity index (χ1n) is 5.85. The summed E-state index contributed by atoms with van der Waals surface area (Å²) in [5, 5.41) is 11.9. The van der Waals surface area contributed by atoms with E-state index in [2.05, 4.69) is 13.2 Å². The van der Waals surface area contributed by atoms with Gasteiger partial charge in [0.25, 0.3) is 0 Å². The van der Waals surface area contributed by atoms with Gasteiger partial charge in [-0.3, -0.25) is 0 Å². The van der Waals surface area contributed by atoms with Crippen molar-refractivity contribution < 1.29 is 9.84 Å². The summed E-state index contributed by atoms with van der Waals surface area (Å²) >= 11 is 0. The molecule has 2 nitrogen and oxygen atoms in total. The summed E-state index contributed by atoms with van der Waals surface area (Å²) in [4.78, 5) is 0. The van der Waals surface area contributed by atoms with Crippen LogP contribution in [-0.2, 0) is 6.42 Å². The van der Waals surface area contributed by atoms with Crippen LogP contribution >= 0.6 is 0 Å². The summed E-state index contributed by atoms with van der Waals surface area (Å²) in [6, 6.07) is 9.42. The minimum Gasteiger partial charge on any atom is -0.508 e. The first kappa shape index (κ1) is 12.2. The van der Waals surface area contributed by atoms with Crippen LogP contribution in [0.25, 0.3) is 10.8 Å². The topological polar surface area (TPSA) is 29.5 Å². The fourth-order valence-electron chi connectivity index (χ4n) is 1.96. The number of rotatable bonds is 5. The van der Waals surface area contributed by atoms with Crippen molar-refractivity contribution in [3.63, 3.8) is 0 Å². The van der Waals surface area contributed by atoms with Crippen molar-refractivity contribution >= 4 is 10.8 Å². The maximum Gasteiger partial charge on any atom is 0.120 e. The number of hydrogen-bond donors (Lipinski definition) is 1. The second-order valence-corrected chi connectivity index (χ2v) is 4.04. The molecule has 2 heteroatoms. The third-order valence-corrected chi connectivity index (χ3v) is 2.79. The molecule has 0 heterocycles. The van der Waals surface area contributed by atoms with E-state index in [9.17, 15) is 5.11 Å². The Morgan fingerprint density at radius 1 is 1.11 bits per heavy atom. The van der Waals surface area contributed by atoms with E-state index in [-0.39, 0.29) is 0 Å². The Morgan fingerprint density at radius 2 is 1.94 bits per heavy atom. The van der Waals surface area contributed by atoms with E-state index in [1.165, 1.54) is 0 Å². The molecule has 0 atom stereocenters. The Hall–Kier alpha value is -2.22. The first-order valence-corrected chi connectivity index (χ1v) is 5.85. The third kappa shape index (κ3) is 2.38. The van der Waals surface area contributed by atoms with Gasteiger partial charge in [0.2, 0.25) is 0 Å². The van der Waals surface area contributed by atoms with E-state index in [1.54, 1.807) is 18.2 Å². The second-order valence-electron chi connectivity index (χ2n) is 4.04. The SMILES string of the molecule is C=CCOc1ccc2c(CC=C)c(O)ccc2c1. The Labute approximate surface area is 107 Å². The zero-order valence-corrected chi connectivity index (χ0v) is 10.2. The molecular formula is C16H16O2. The quantitative estimate of drug-likeness (QED) is 0.805. The van der Waals surface area contributed by atoms with E-state index >= 15 is 0 Å². The number of aromatic hydroxyl groups is 1. The lowest BCUT2D eigenvalue weighted by atomic mass is 10.0. The lowest BCUT2D eigenvalue weighted by Gasteiger charge is -2.09. The van der Waals surface area contributed by atoms with Crippen molar-refractivity contribution in [1.82, 2.24) is 0 Å². The predicted molar refractivity (Wildman–Crippen MR) is 75.2 cm³/mol. The Kier molecular flexibility index (Phi) is 3.68. The molecular weight excluding hydrogens is 224 g/mol. The van der Waals surface area contributed by atoms with Gasteiger partial charge in [0.05, 0.1) is 0 Å². The number of benzene rings is 2. The molecule has 18 heavy (non-hydrogen) atoms. The van der Waals surface area contributed by atoms with Crippen molar-refractivity contribution in [2.75, 3.05) is 6.61 Å². The van der Waals surface area contributed by atoms with Gasteiger partial charge in [0.15, 0.2) is 0 Å². The molecule has 0 aliphatic heterocycles. The molecule has 2 rings (SSSR count). The summed E-state index contributed by atoms with van der Waals surface area (Å²) in [7, 11) is 0. The number of fused-ring (bicyclic) bond motifs is 1. The molecule has 0 aromatic heterocycles. The lowest BCUT2D eigenvalue weighted by Crippen LogP contribution is -1.93. The molecule has 2 aromatic carbocycles. The van der Waals surface area contributed by atoms with E-state index in [0.717, 1.165) is 22.1 Å². The van der Waals surface area contributed by atoms with Gasteiger partial charge in [0, 0.05) is 5.56 Å². The summed E-state index contributed by atoms with van der Waals surface area (Å²) in [6.45, 7) is 7.82. The van der Waals surface area contributed by atoms with Gasteiger partial charge in [-0.15, -0.1) is 6.58 Å². The molecule has 0 spiro atoms. The van der Waals surface area contributed by atoms with Gasteiger partial charge in [-0.25, -0.2) is 0 Å². The van der Waals surface area contributed by atoms with Gasteiger partial charge >= 0.3 is 0 Å². The molecule has 0 amide bonds. The number of ether oxygens (including phenoxy) is 1. The highest BCUT2D eigenvalue weighted by Gasteiger charge is 2.06. The maximum absolute atomic E-state index is 9.86. The predicted octanol–water partition coefficient (Wildman–Crippen LogP) is 3.84. The minimum absolute atomic E-state index is 0.308. The van der Waals surface area contributed by atoms with Crippen LogP contribution < -0.4 is 4.74 Å². The summed E-state index contributed by atoms with van der Waals surface area (Å²) < 4.78 is 5.49. The maximum atomic E-state index is 9.86. The molecule has 0 radical (unpaired) electrons. The second kappa shape index (κ2) is 5.41.